The van der Waals surface area contributed by atoms with Crippen LogP contribution in [0.4, 0.5) is 4.39 Å². The molecule has 0 radical (unpaired) electrons. The molecule has 0 amide bonds. The van der Waals surface area contributed by atoms with Crippen molar-refractivity contribution in [1.29, 1.82) is 0 Å². The minimum Gasteiger partial charge on any atom is -0.339 e. The molecule has 2 heterocycles. The van der Waals surface area contributed by atoms with Gasteiger partial charge in [0.2, 0.25) is 0 Å². The van der Waals surface area contributed by atoms with Gasteiger partial charge in [0.15, 0.2) is 10.8 Å². The van der Waals surface area contributed by atoms with Crippen LogP contribution in [0.2, 0.25) is 10.0 Å². The zero-order valence-electron chi connectivity index (χ0n) is 16.4. The first-order chi connectivity index (χ1) is 14.6. The van der Waals surface area contributed by atoms with Crippen molar-refractivity contribution >= 4 is 39.0 Å². The Balaban J connectivity index is 1.73. The van der Waals surface area contributed by atoms with E-state index in [4.69, 9.17) is 23.2 Å². The van der Waals surface area contributed by atoms with Gasteiger partial charge in [-0.2, -0.15) is 4.31 Å². The topological polar surface area (TPSA) is 72.3 Å². The quantitative estimate of drug-likeness (QED) is 0.513. The average Bonchev–Trinajstić information content (AvgIpc) is 3.35. The van der Waals surface area contributed by atoms with Gasteiger partial charge in [-0.05, 0) is 35.9 Å². The number of hydrogen-bond donors (Lipinski definition) is 0. The van der Waals surface area contributed by atoms with Gasteiger partial charge in [-0.15, -0.1) is 0 Å². The molecule has 2 unspecified atom stereocenters. The number of carbonyl (C=O) groups is 1. The second-order valence-corrected chi connectivity index (χ2v) is 10.2. The molecule has 1 aromatic heterocycles. The number of imidazole rings is 1. The maximum absolute atomic E-state index is 13.5. The Morgan fingerprint density at radius 1 is 1.10 bits per heavy atom. The molecule has 0 saturated carbocycles. The Morgan fingerprint density at radius 2 is 1.74 bits per heavy atom. The van der Waals surface area contributed by atoms with Crippen LogP contribution in [-0.2, 0) is 17.1 Å². The van der Waals surface area contributed by atoms with E-state index in [0.717, 1.165) is 0 Å². The highest BCUT2D eigenvalue weighted by Gasteiger charge is 2.44. The molecule has 6 nitrogen and oxygen atoms in total. The van der Waals surface area contributed by atoms with Crippen molar-refractivity contribution in [3.63, 3.8) is 0 Å². The second kappa shape index (κ2) is 8.35. The van der Waals surface area contributed by atoms with Crippen LogP contribution < -0.4 is 0 Å². The van der Waals surface area contributed by atoms with E-state index < -0.39 is 27.7 Å². The molecular weight excluding hydrogens is 464 g/mol. The molecule has 2 aromatic carbocycles. The van der Waals surface area contributed by atoms with Crippen LogP contribution >= 0.6 is 23.2 Å². The maximum Gasteiger partial charge on any atom is 0.262 e. The maximum atomic E-state index is 13.5. The molecule has 1 aliphatic heterocycles. The van der Waals surface area contributed by atoms with Crippen LogP contribution in [0.3, 0.4) is 0 Å². The lowest BCUT2D eigenvalue weighted by Crippen LogP contribution is -2.30. The Morgan fingerprint density at radius 3 is 2.32 bits per heavy atom. The summed E-state index contributed by atoms with van der Waals surface area (Å²) in [5.41, 5.74) is 0.971. The molecular formula is C21H18Cl2FN3O3S. The normalized spacial score (nSPS) is 19.6. The standard InChI is InChI=1S/C21H18Cl2FN3O3S/c1-26-11-20(25-12-26)31(29,30)27-9-18(13-2-4-17(24)5-3-13)19(10-27)21(28)14-6-15(22)8-16(23)7-14/h2-8,11-12,18-19H,9-10H2,1H3. The van der Waals surface area contributed by atoms with Gasteiger partial charge in [0, 0.05) is 53.8 Å². The van der Waals surface area contributed by atoms with E-state index in [1.165, 1.54) is 51.7 Å². The summed E-state index contributed by atoms with van der Waals surface area (Å²) in [6.45, 7) is 0.0269. The third-order valence-corrected chi connectivity index (χ3v) is 7.51. The van der Waals surface area contributed by atoms with Gasteiger partial charge >= 0.3 is 0 Å². The molecule has 0 N–H and O–H groups in total. The molecule has 0 spiro atoms. The fourth-order valence-electron chi connectivity index (χ4n) is 3.84. The van der Waals surface area contributed by atoms with E-state index in [9.17, 15) is 17.6 Å². The zero-order chi connectivity index (χ0) is 22.3. The number of aryl methyl sites for hydroxylation is 1. The van der Waals surface area contributed by atoms with Crippen LogP contribution in [0, 0.1) is 11.7 Å². The predicted octanol–water partition coefficient (Wildman–Crippen LogP) is 4.15. The number of hydrogen-bond acceptors (Lipinski definition) is 4. The van der Waals surface area contributed by atoms with Crippen LogP contribution in [0.25, 0.3) is 0 Å². The largest absolute Gasteiger partial charge is 0.339 e. The van der Waals surface area contributed by atoms with Crippen LogP contribution in [-0.4, -0.2) is 41.1 Å². The Kier molecular flexibility index (Phi) is 5.91. The summed E-state index contributed by atoms with van der Waals surface area (Å²) < 4.78 is 42.5. The summed E-state index contributed by atoms with van der Waals surface area (Å²) >= 11 is 12.1. The molecule has 1 saturated heterocycles. The first-order valence-electron chi connectivity index (χ1n) is 9.39. The van der Waals surface area contributed by atoms with Gasteiger partial charge in [-0.3, -0.25) is 4.79 Å². The summed E-state index contributed by atoms with van der Waals surface area (Å²) in [5.74, 6) is -1.86. The third-order valence-electron chi connectivity index (χ3n) is 5.35. The summed E-state index contributed by atoms with van der Waals surface area (Å²) in [7, 11) is -2.24. The number of Topliss-reactive ketones (excluding diaryl/α,β-unsaturated/α-hetero) is 1. The van der Waals surface area contributed by atoms with Crippen LogP contribution in [0.1, 0.15) is 21.8 Å². The summed E-state index contributed by atoms with van der Waals surface area (Å²) in [4.78, 5) is 17.3. The van der Waals surface area contributed by atoms with Gasteiger partial charge in [-0.25, -0.2) is 17.8 Å². The van der Waals surface area contributed by atoms with Gasteiger partial charge in [0.05, 0.1) is 6.33 Å². The average molecular weight is 482 g/mol. The van der Waals surface area contributed by atoms with Crippen molar-refractivity contribution in [2.75, 3.05) is 13.1 Å². The fraction of sp³-hybridized carbons (Fsp3) is 0.238. The number of nitrogens with zero attached hydrogens (tertiary/aromatic N) is 3. The lowest BCUT2D eigenvalue weighted by molar-refractivity contribution is 0.0918. The van der Waals surface area contributed by atoms with E-state index >= 15 is 0 Å². The Bertz CT molecular complexity index is 1220. The van der Waals surface area contributed by atoms with E-state index in [0.29, 0.717) is 21.2 Å². The van der Waals surface area contributed by atoms with Crippen LogP contribution in [0.5, 0.6) is 0 Å². The first-order valence-corrected chi connectivity index (χ1v) is 11.6. The lowest BCUT2D eigenvalue weighted by Gasteiger charge is -2.18. The molecule has 10 heteroatoms. The Hall–Kier alpha value is -2.26. The van der Waals surface area contributed by atoms with Gasteiger partial charge in [0.1, 0.15) is 5.82 Å². The number of sulfonamides is 1. The molecule has 4 rings (SSSR count). The lowest BCUT2D eigenvalue weighted by atomic mass is 9.84. The van der Waals surface area contributed by atoms with E-state index in [2.05, 4.69) is 4.98 Å². The van der Waals surface area contributed by atoms with Crippen molar-refractivity contribution in [2.45, 2.75) is 10.9 Å². The number of benzene rings is 2. The van der Waals surface area contributed by atoms with Crippen LogP contribution in [0.15, 0.2) is 60.0 Å². The Labute approximate surface area is 189 Å². The number of aromatic nitrogens is 2. The highest BCUT2D eigenvalue weighted by molar-refractivity contribution is 7.89. The molecule has 1 aliphatic rings. The number of rotatable bonds is 5. The van der Waals surface area contributed by atoms with Crippen molar-refractivity contribution in [3.05, 3.63) is 82.0 Å². The molecule has 0 aliphatic carbocycles. The minimum absolute atomic E-state index is 0.0378. The van der Waals surface area contributed by atoms with Crippen molar-refractivity contribution in [2.24, 2.45) is 13.0 Å². The fourth-order valence-corrected chi connectivity index (χ4v) is 5.83. The zero-order valence-corrected chi connectivity index (χ0v) is 18.7. The molecule has 0 bridgehead atoms. The number of halogens is 3. The summed E-state index contributed by atoms with van der Waals surface area (Å²) in [5, 5.41) is 0.530. The first kappa shape index (κ1) is 22.0. The number of carbonyl (C=O) groups excluding carboxylic acids is 1. The molecule has 3 aromatic rings. The second-order valence-electron chi connectivity index (χ2n) is 7.49. The third kappa shape index (κ3) is 4.39. The predicted molar refractivity (Wildman–Crippen MR) is 115 cm³/mol. The monoisotopic (exact) mass is 481 g/mol. The van der Waals surface area contributed by atoms with Crippen molar-refractivity contribution < 1.29 is 17.6 Å². The smallest absolute Gasteiger partial charge is 0.262 e. The number of ketones is 1. The highest BCUT2D eigenvalue weighted by Crippen LogP contribution is 2.38. The summed E-state index contributed by atoms with van der Waals surface area (Å²) in [6.07, 6.45) is 2.81. The van der Waals surface area contributed by atoms with Gasteiger partial charge < -0.3 is 4.57 Å². The van der Waals surface area contributed by atoms with Crippen molar-refractivity contribution in [1.82, 2.24) is 13.9 Å². The molecule has 1 fully saturated rings. The molecule has 31 heavy (non-hydrogen) atoms. The van der Waals surface area contributed by atoms with E-state index in [1.54, 1.807) is 19.2 Å². The summed E-state index contributed by atoms with van der Waals surface area (Å²) in [6, 6.07) is 10.3. The molecule has 2 atom stereocenters. The van der Waals surface area contributed by atoms with Gasteiger partial charge in [0.25, 0.3) is 10.0 Å². The van der Waals surface area contributed by atoms with E-state index in [1.807, 2.05) is 0 Å². The molecule has 162 valence electrons. The van der Waals surface area contributed by atoms with Crippen molar-refractivity contribution in [3.8, 4) is 0 Å². The highest BCUT2D eigenvalue weighted by atomic mass is 35.5. The minimum atomic E-state index is -3.91. The van der Waals surface area contributed by atoms with E-state index in [-0.39, 0.29) is 23.9 Å². The van der Waals surface area contributed by atoms with Gasteiger partial charge in [-0.1, -0.05) is 35.3 Å². The SMILES string of the molecule is Cn1cnc(S(=O)(=O)N2CC(C(=O)c3cc(Cl)cc(Cl)c3)C(c3ccc(F)cc3)C2)c1.